The Hall–Kier alpha value is -0.710. The summed E-state index contributed by atoms with van der Waals surface area (Å²) in [6, 6.07) is 6.40. The summed E-state index contributed by atoms with van der Waals surface area (Å²) >= 11 is 5.34. The average Bonchev–Trinajstić information content (AvgIpc) is 2.80. The van der Waals surface area contributed by atoms with Crippen LogP contribution in [0.3, 0.4) is 0 Å². The van der Waals surface area contributed by atoms with Gasteiger partial charge in [-0.25, -0.2) is 4.98 Å². The van der Waals surface area contributed by atoms with E-state index in [1.165, 1.54) is 21.7 Å². The van der Waals surface area contributed by atoms with Crippen molar-refractivity contribution >= 4 is 27.3 Å². The fraction of sp³-hybridized carbons (Fsp3) is 0.438. The van der Waals surface area contributed by atoms with E-state index < -0.39 is 0 Å². The molecule has 1 aromatic heterocycles. The Labute approximate surface area is 133 Å². The van der Waals surface area contributed by atoms with Gasteiger partial charge in [0.05, 0.1) is 5.69 Å². The third kappa shape index (κ3) is 3.68. The SMILES string of the molecule is CCCc1nc(-c2ccc(Br)cc2C)sc1CNCC. The fourth-order valence-corrected chi connectivity index (χ4v) is 3.82. The molecule has 0 aliphatic rings. The summed E-state index contributed by atoms with van der Waals surface area (Å²) < 4.78 is 1.12. The van der Waals surface area contributed by atoms with Gasteiger partial charge in [0.25, 0.3) is 0 Å². The predicted molar refractivity (Wildman–Crippen MR) is 91.4 cm³/mol. The first-order valence-corrected chi connectivity index (χ1v) is 8.72. The van der Waals surface area contributed by atoms with Gasteiger partial charge in [0.15, 0.2) is 0 Å². The molecule has 1 heterocycles. The van der Waals surface area contributed by atoms with Gasteiger partial charge in [-0.1, -0.05) is 42.3 Å². The van der Waals surface area contributed by atoms with Gasteiger partial charge >= 0.3 is 0 Å². The number of nitrogens with zero attached hydrogens (tertiary/aromatic N) is 1. The van der Waals surface area contributed by atoms with E-state index in [1.54, 1.807) is 0 Å². The van der Waals surface area contributed by atoms with E-state index in [9.17, 15) is 0 Å². The van der Waals surface area contributed by atoms with Gasteiger partial charge in [0.2, 0.25) is 0 Å². The quantitative estimate of drug-likeness (QED) is 0.795. The Kier molecular flexibility index (Phi) is 5.75. The van der Waals surface area contributed by atoms with Gasteiger partial charge in [0.1, 0.15) is 5.01 Å². The largest absolute Gasteiger partial charge is 0.312 e. The number of rotatable bonds is 6. The Morgan fingerprint density at radius 1 is 1.30 bits per heavy atom. The van der Waals surface area contributed by atoms with Crippen LogP contribution in [0.2, 0.25) is 0 Å². The van der Waals surface area contributed by atoms with E-state index in [4.69, 9.17) is 4.98 Å². The normalized spacial score (nSPS) is 11.0. The zero-order valence-electron chi connectivity index (χ0n) is 12.3. The molecular formula is C16H21BrN2S. The second-order valence-electron chi connectivity index (χ2n) is 4.88. The molecule has 0 unspecified atom stereocenters. The van der Waals surface area contributed by atoms with Crippen LogP contribution in [0.5, 0.6) is 0 Å². The van der Waals surface area contributed by atoms with Crippen LogP contribution < -0.4 is 5.32 Å². The molecule has 20 heavy (non-hydrogen) atoms. The summed E-state index contributed by atoms with van der Waals surface area (Å²) in [5.41, 5.74) is 3.78. The zero-order valence-corrected chi connectivity index (χ0v) is 14.7. The smallest absolute Gasteiger partial charge is 0.124 e. The second kappa shape index (κ2) is 7.34. The Morgan fingerprint density at radius 2 is 2.10 bits per heavy atom. The monoisotopic (exact) mass is 352 g/mol. The van der Waals surface area contributed by atoms with Gasteiger partial charge < -0.3 is 5.32 Å². The van der Waals surface area contributed by atoms with E-state index in [0.717, 1.165) is 35.4 Å². The van der Waals surface area contributed by atoms with Crippen molar-refractivity contribution in [3.63, 3.8) is 0 Å². The minimum atomic E-state index is 0.930. The molecule has 1 aromatic carbocycles. The number of nitrogens with one attached hydrogen (secondary N) is 1. The number of hydrogen-bond acceptors (Lipinski definition) is 3. The van der Waals surface area contributed by atoms with E-state index >= 15 is 0 Å². The van der Waals surface area contributed by atoms with Crippen LogP contribution in [0, 0.1) is 6.92 Å². The highest BCUT2D eigenvalue weighted by Crippen LogP contribution is 2.32. The molecule has 2 nitrogen and oxygen atoms in total. The highest BCUT2D eigenvalue weighted by atomic mass is 79.9. The first kappa shape index (κ1) is 15.7. The molecule has 0 fully saturated rings. The number of aromatic nitrogens is 1. The summed E-state index contributed by atoms with van der Waals surface area (Å²) in [6.45, 7) is 8.42. The van der Waals surface area contributed by atoms with Gasteiger partial charge in [0, 0.05) is 21.5 Å². The van der Waals surface area contributed by atoms with Crippen molar-refractivity contribution in [3.05, 3.63) is 38.8 Å². The van der Waals surface area contributed by atoms with Crippen molar-refractivity contribution in [2.45, 2.75) is 40.2 Å². The molecule has 0 atom stereocenters. The lowest BCUT2D eigenvalue weighted by molar-refractivity contribution is 0.723. The number of thiazole rings is 1. The van der Waals surface area contributed by atoms with E-state index in [1.807, 2.05) is 11.3 Å². The first-order chi connectivity index (χ1) is 9.65. The maximum Gasteiger partial charge on any atom is 0.124 e. The van der Waals surface area contributed by atoms with Gasteiger partial charge in [-0.05, 0) is 37.6 Å². The summed E-state index contributed by atoms with van der Waals surface area (Å²) in [5, 5.41) is 4.56. The van der Waals surface area contributed by atoms with E-state index in [2.05, 4.69) is 60.2 Å². The van der Waals surface area contributed by atoms with Crippen molar-refractivity contribution in [1.29, 1.82) is 0 Å². The number of benzene rings is 1. The molecule has 0 bridgehead atoms. The molecule has 0 spiro atoms. The van der Waals surface area contributed by atoms with Crippen molar-refractivity contribution in [3.8, 4) is 10.6 Å². The van der Waals surface area contributed by atoms with Crippen molar-refractivity contribution < 1.29 is 0 Å². The molecule has 0 saturated heterocycles. The summed E-state index contributed by atoms with van der Waals surface area (Å²) in [6.07, 6.45) is 2.20. The maximum absolute atomic E-state index is 4.88. The fourth-order valence-electron chi connectivity index (χ4n) is 2.17. The van der Waals surface area contributed by atoms with Crippen LogP contribution in [0.15, 0.2) is 22.7 Å². The minimum absolute atomic E-state index is 0.930. The van der Waals surface area contributed by atoms with Crippen LogP contribution in [0.1, 0.15) is 36.4 Å². The Balaban J connectivity index is 2.36. The molecule has 0 aliphatic heterocycles. The van der Waals surface area contributed by atoms with Crippen LogP contribution in [0.25, 0.3) is 10.6 Å². The van der Waals surface area contributed by atoms with Crippen LogP contribution >= 0.6 is 27.3 Å². The molecule has 108 valence electrons. The zero-order chi connectivity index (χ0) is 14.5. The van der Waals surface area contributed by atoms with Crippen molar-refractivity contribution in [1.82, 2.24) is 10.3 Å². The molecular weight excluding hydrogens is 332 g/mol. The lowest BCUT2D eigenvalue weighted by Gasteiger charge is -2.02. The van der Waals surface area contributed by atoms with Crippen LogP contribution in [-0.2, 0) is 13.0 Å². The van der Waals surface area contributed by atoms with Gasteiger partial charge in [-0.3, -0.25) is 0 Å². The molecule has 1 N–H and O–H groups in total. The summed E-state index contributed by atoms with van der Waals surface area (Å²) in [5.74, 6) is 0. The molecule has 2 rings (SSSR count). The summed E-state index contributed by atoms with van der Waals surface area (Å²) in [4.78, 5) is 6.26. The van der Waals surface area contributed by atoms with Crippen LogP contribution in [0.4, 0.5) is 0 Å². The number of halogens is 1. The van der Waals surface area contributed by atoms with Gasteiger partial charge in [-0.2, -0.15) is 0 Å². The van der Waals surface area contributed by atoms with Crippen LogP contribution in [-0.4, -0.2) is 11.5 Å². The Morgan fingerprint density at radius 3 is 2.75 bits per heavy atom. The van der Waals surface area contributed by atoms with Crippen molar-refractivity contribution in [2.75, 3.05) is 6.54 Å². The first-order valence-electron chi connectivity index (χ1n) is 7.11. The molecule has 2 aromatic rings. The minimum Gasteiger partial charge on any atom is -0.312 e. The highest BCUT2D eigenvalue weighted by molar-refractivity contribution is 9.10. The number of aryl methyl sites for hydroxylation is 2. The summed E-state index contributed by atoms with van der Waals surface area (Å²) in [7, 11) is 0. The molecule has 0 aliphatic carbocycles. The predicted octanol–water partition coefficient (Wildman–Crippen LogP) is 4.94. The third-order valence-corrected chi connectivity index (χ3v) is 4.84. The highest BCUT2D eigenvalue weighted by Gasteiger charge is 2.13. The standard InChI is InChI=1S/C16H21BrN2S/c1-4-6-14-15(10-18-5-2)20-16(19-14)13-8-7-12(17)9-11(13)3/h7-9,18H,4-6,10H2,1-3H3. The Bertz CT molecular complexity index is 578. The van der Waals surface area contributed by atoms with E-state index in [-0.39, 0.29) is 0 Å². The van der Waals surface area contributed by atoms with Crippen molar-refractivity contribution in [2.24, 2.45) is 0 Å². The lowest BCUT2D eigenvalue weighted by atomic mass is 10.1. The molecule has 0 saturated carbocycles. The second-order valence-corrected chi connectivity index (χ2v) is 6.88. The molecule has 4 heteroatoms. The van der Waals surface area contributed by atoms with E-state index in [0.29, 0.717) is 0 Å². The average molecular weight is 353 g/mol. The topological polar surface area (TPSA) is 24.9 Å². The lowest BCUT2D eigenvalue weighted by Crippen LogP contribution is -2.11. The third-order valence-electron chi connectivity index (χ3n) is 3.22. The number of hydrogen-bond donors (Lipinski definition) is 1. The maximum atomic E-state index is 4.88. The molecule has 0 radical (unpaired) electrons. The molecule has 0 amide bonds. The van der Waals surface area contributed by atoms with Gasteiger partial charge in [-0.15, -0.1) is 11.3 Å².